The number of aromatic nitrogens is 1. The predicted molar refractivity (Wildman–Crippen MR) is 64.4 cm³/mol. The van der Waals surface area contributed by atoms with E-state index >= 15 is 0 Å². The first-order valence-electron chi connectivity index (χ1n) is 5.34. The third-order valence-electron chi connectivity index (χ3n) is 2.58. The smallest absolute Gasteiger partial charge is 0.150 e. The van der Waals surface area contributed by atoms with Gasteiger partial charge in [0.15, 0.2) is 0 Å². The van der Waals surface area contributed by atoms with Gasteiger partial charge in [-0.2, -0.15) is 0 Å². The summed E-state index contributed by atoms with van der Waals surface area (Å²) in [7, 11) is 0. The van der Waals surface area contributed by atoms with Gasteiger partial charge in [0.05, 0.1) is 5.69 Å². The van der Waals surface area contributed by atoms with Gasteiger partial charge in [-0.1, -0.05) is 31.2 Å². The maximum atomic E-state index is 10.7. The van der Waals surface area contributed by atoms with Crippen molar-refractivity contribution in [1.29, 1.82) is 0 Å². The van der Waals surface area contributed by atoms with Crippen molar-refractivity contribution in [3.05, 3.63) is 53.7 Å². The zero-order valence-corrected chi connectivity index (χ0v) is 9.18. The van der Waals surface area contributed by atoms with Crippen molar-refractivity contribution in [1.82, 2.24) is 4.98 Å². The largest absolute Gasteiger partial charge is 0.298 e. The second kappa shape index (κ2) is 4.71. The van der Waals surface area contributed by atoms with Gasteiger partial charge in [-0.3, -0.25) is 9.78 Å². The van der Waals surface area contributed by atoms with Crippen molar-refractivity contribution in [3.63, 3.8) is 0 Å². The zero-order chi connectivity index (χ0) is 11.4. The van der Waals surface area contributed by atoms with Crippen molar-refractivity contribution < 1.29 is 4.79 Å². The summed E-state index contributed by atoms with van der Waals surface area (Å²) < 4.78 is 0. The van der Waals surface area contributed by atoms with Crippen LogP contribution in [0.25, 0.3) is 11.3 Å². The topological polar surface area (TPSA) is 30.0 Å². The Morgan fingerprint density at radius 3 is 2.56 bits per heavy atom. The molecule has 16 heavy (non-hydrogen) atoms. The van der Waals surface area contributed by atoms with Gasteiger partial charge in [0.25, 0.3) is 0 Å². The number of aryl methyl sites for hydroxylation is 1. The highest BCUT2D eigenvalue weighted by molar-refractivity contribution is 5.77. The molecule has 0 unspecified atom stereocenters. The lowest BCUT2D eigenvalue weighted by molar-refractivity contribution is 0.112. The van der Waals surface area contributed by atoms with E-state index in [1.165, 1.54) is 5.56 Å². The molecule has 0 atom stereocenters. The van der Waals surface area contributed by atoms with E-state index in [1.54, 1.807) is 18.3 Å². The molecule has 2 aromatic rings. The van der Waals surface area contributed by atoms with Crippen LogP contribution in [0, 0.1) is 0 Å². The third kappa shape index (κ3) is 2.16. The standard InChI is InChI=1S/C14H13NO/c1-2-11-3-5-13(6-4-11)14-9-12(10-16)7-8-15-14/h3-10H,2H2,1H3. The minimum Gasteiger partial charge on any atom is -0.298 e. The Morgan fingerprint density at radius 1 is 1.19 bits per heavy atom. The lowest BCUT2D eigenvalue weighted by atomic mass is 10.1. The van der Waals surface area contributed by atoms with Crippen LogP contribution in [0.15, 0.2) is 42.6 Å². The number of hydrogen-bond donors (Lipinski definition) is 0. The summed E-state index contributed by atoms with van der Waals surface area (Å²) in [5.74, 6) is 0. The van der Waals surface area contributed by atoms with Crippen LogP contribution in [0.1, 0.15) is 22.8 Å². The monoisotopic (exact) mass is 211 g/mol. The molecule has 0 bridgehead atoms. The number of aldehydes is 1. The van der Waals surface area contributed by atoms with Crippen LogP contribution in [0.3, 0.4) is 0 Å². The molecule has 0 radical (unpaired) electrons. The first-order valence-corrected chi connectivity index (χ1v) is 5.34. The number of carbonyl (C=O) groups is 1. The van der Waals surface area contributed by atoms with E-state index in [2.05, 4.69) is 24.0 Å². The second-order valence-electron chi connectivity index (χ2n) is 3.64. The summed E-state index contributed by atoms with van der Waals surface area (Å²) >= 11 is 0. The second-order valence-corrected chi connectivity index (χ2v) is 3.64. The molecule has 0 spiro atoms. The molecule has 0 saturated heterocycles. The normalized spacial score (nSPS) is 10.1. The number of benzene rings is 1. The molecule has 0 amide bonds. The highest BCUT2D eigenvalue weighted by Gasteiger charge is 2.00. The van der Waals surface area contributed by atoms with Crippen LogP contribution in [-0.2, 0) is 6.42 Å². The minimum atomic E-state index is 0.657. The van der Waals surface area contributed by atoms with Crippen molar-refractivity contribution in [3.8, 4) is 11.3 Å². The number of hydrogen-bond acceptors (Lipinski definition) is 2. The van der Waals surface area contributed by atoms with E-state index in [9.17, 15) is 4.79 Å². The van der Waals surface area contributed by atoms with Gasteiger partial charge in [-0.15, -0.1) is 0 Å². The van der Waals surface area contributed by atoms with Gasteiger partial charge in [0, 0.05) is 17.3 Å². The Morgan fingerprint density at radius 2 is 1.94 bits per heavy atom. The van der Waals surface area contributed by atoms with Crippen LogP contribution in [0.4, 0.5) is 0 Å². The summed E-state index contributed by atoms with van der Waals surface area (Å²) in [5.41, 5.74) is 3.84. The Kier molecular flexibility index (Phi) is 3.10. The van der Waals surface area contributed by atoms with Gasteiger partial charge in [0.1, 0.15) is 6.29 Å². The predicted octanol–water partition coefficient (Wildman–Crippen LogP) is 3.12. The molecule has 0 aliphatic rings. The lowest BCUT2D eigenvalue weighted by Gasteiger charge is -2.02. The highest BCUT2D eigenvalue weighted by Crippen LogP contribution is 2.18. The summed E-state index contributed by atoms with van der Waals surface area (Å²) in [6, 6.07) is 11.8. The van der Waals surface area contributed by atoms with Gasteiger partial charge in [-0.05, 0) is 24.1 Å². The molecule has 2 nitrogen and oxygen atoms in total. The van der Waals surface area contributed by atoms with Gasteiger partial charge >= 0.3 is 0 Å². The maximum Gasteiger partial charge on any atom is 0.150 e. The summed E-state index contributed by atoms with van der Waals surface area (Å²) in [4.78, 5) is 14.9. The van der Waals surface area contributed by atoms with Gasteiger partial charge in [-0.25, -0.2) is 0 Å². The fourth-order valence-electron chi connectivity index (χ4n) is 1.59. The summed E-state index contributed by atoms with van der Waals surface area (Å²) in [6.07, 6.45) is 3.53. The first kappa shape index (κ1) is 10.6. The van der Waals surface area contributed by atoms with E-state index in [0.717, 1.165) is 24.0 Å². The molecule has 0 saturated carbocycles. The van der Waals surface area contributed by atoms with Crippen molar-refractivity contribution in [2.24, 2.45) is 0 Å². The SMILES string of the molecule is CCc1ccc(-c2cc(C=O)ccn2)cc1. The average molecular weight is 211 g/mol. The first-order chi connectivity index (χ1) is 7.83. The Labute approximate surface area is 95.0 Å². The molecular weight excluding hydrogens is 198 g/mol. The van der Waals surface area contributed by atoms with E-state index in [0.29, 0.717) is 5.56 Å². The molecule has 1 aromatic carbocycles. The van der Waals surface area contributed by atoms with E-state index in [1.807, 2.05) is 12.1 Å². The molecule has 2 rings (SSSR count). The Hall–Kier alpha value is -1.96. The lowest BCUT2D eigenvalue weighted by Crippen LogP contribution is -1.87. The zero-order valence-electron chi connectivity index (χ0n) is 9.18. The molecular formula is C14H13NO. The number of nitrogens with zero attached hydrogens (tertiary/aromatic N) is 1. The number of rotatable bonds is 3. The van der Waals surface area contributed by atoms with Crippen molar-refractivity contribution in [2.75, 3.05) is 0 Å². The average Bonchev–Trinajstić information content (AvgIpc) is 2.39. The van der Waals surface area contributed by atoms with Crippen LogP contribution < -0.4 is 0 Å². The summed E-state index contributed by atoms with van der Waals surface area (Å²) in [5, 5.41) is 0. The minimum absolute atomic E-state index is 0.657. The molecule has 0 aliphatic carbocycles. The highest BCUT2D eigenvalue weighted by atomic mass is 16.1. The van der Waals surface area contributed by atoms with Crippen molar-refractivity contribution >= 4 is 6.29 Å². The van der Waals surface area contributed by atoms with E-state index in [4.69, 9.17) is 0 Å². The van der Waals surface area contributed by atoms with E-state index < -0.39 is 0 Å². The maximum absolute atomic E-state index is 10.7. The van der Waals surface area contributed by atoms with Crippen molar-refractivity contribution in [2.45, 2.75) is 13.3 Å². The Bertz CT molecular complexity index is 488. The van der Waals surface area contributed by atoms with Crippen LogP contribution in [0.2, 0.25) is 0 Å². The third-order valence-corrected chi connectivity index (χ3v) is 2.58. The van der Waals surface area contributed by atoms with Gasteiger partial charge < -0.3 is 0 Å². The summed E-state index contributed by atoms with van der Waals surface area (Å²) in [6.45, 7) is 2.13. The quantitative estimate of drug-likeness (QED) is 0.730. The molecule has 2 heteroatoms. The van der Waals surface area contributed by atoms with Crippen LogP contribution >= 0.6 is 0 Å². The molecule has 80 valence electrons. The molecule has 1 aromatic heterocycles. The Balaban J connectivity index is 2.38. The molecule has 0 aliphatic heterocycles. The molecule has 1 heterocycles. The number of carbonyl (C=O) groups excluding carboxylic acids is 1. The van der Waals surface area contributed by atoms with E-state index in [-0.39, 0.29) is 0 Å². The molecule has 0 fully saturated rings. The van der Waals surface area contributed by atoms with Crippen LogP contribution in [-0.4, -0.2) is 11.3 Å². The number of pyridine rings is 1. The fourth-order valence-corrected chi connectivity index (χ4v) is 1.59. The van der Waals surface area contributed by atoms with Gasteiger partial charge in [0.2, 0.25) is 0 Å². The molecule has 0 N–H and O–H groups in total. The fraction of sp³-hybridized carbons (Fsp3) is 0.143. The van der Waals surface area contributed by atoms with Crippen LogP contribution in [0.5, 0.6) is 0 Å².